The number of aromatic nitrogens is 3. The molecule has 11 heteroatoms. The van der Waals surface area contributed by atoms with Crippen molar-refractivity contribution in [2.24, 2.45) is 0 Å². The van der Waals surface area contributed by atoms with Crippen molar-refractivity contribution >= 4 is 40.1 Å². The number of benzene rings is 2. The van der Waals surface area contributed by atoms with Crippen LogP contribution >= 0.6 is 11.6 Å². The minimum absolute atomic E-state index is 0.0969. The Morgan fingerprint density at radius 1 is 1.14 bits per heavy atom. The molecule has 2 aromatic carbocycles. The largest absolute Gasteiger partial charge is 0.487 e. The number of nitrogens with one attached hydrogen (secondary N) is 1. The standard InChI is InChI=1S/C26H22ClF2N5O3/c1-14(2)34-13-31-21-10-15(24(35)32-17-4-6-18(7-5-17)37-26(27,28)29)8-19(23(21)34)16-9-20-22(30-11-16)12-33(3)25(20)36/h4-11,13-14H,12H2,1-3H3,(H,32,35). The molecular weight excluding hydrogens is 504 g/mol. The SMILES string of the molecule is CC(C)n1cnc2cc(C(=O)Nc3ccc(OC(F)(F)Cl)cc3)cc(-c3cnc4c(c3)C(=O)N(C)C4)c21. The van der Waals surface area contributed by atoms with Crippen LogP contribution in [0.4, 0.5) is 14.5 Å². The Kier molecular flexibility index (Phi) is 6.07. The second kappa shape index (κ2) is 9.11. The molecule has 5 rings (SSSR count). The number of rotatable bonds is 6. The molecule has 1 aliphatic heterocycles. The van der Waals surface area contributed by atoms with Crippen molar-refractivity contribution in [1.82, 2.24) is 19.4 Å². The molecule has 4 aromatic rings. The molecule has 0 saturated heterocycles. The monoisotopic (exact) mass is 525 g/mol. The van der Waals surface area contributed by atoms with Gasteiger partial charge < -0.3 is 19.5 Å². The third-order valence-corrected chi connectivity index (χ3v) is 6.16. The van der Waals surface area contributed by atoms with Crippen molar-refractivity contribution in [3.05, 3.63) is 71.8 Å². The summed E-state index contributed by atoms with van der Waals surface area (Å²) in [5, 5.41) is 2.75. The molecular formula is C26H22ClF2N5O3. The maximum absolute atomic E-state index is 13.2. The quantitative estimate of drug-likeness (QED) is 0.327. The Hall–Kier alpha value is -4.05. The predicted octanol–water partition coefficient (Wildman–Crippen LogP) is 5.69. The first-order valence-electron chi connectivity index (χ1n) is 11.4. The summed E-state index contributed by atoms with van der Waals surface area (Å²) in [5.74, 6) is -0.681. The van der Waals surface area contributed by atoms with E-state index in [-0.39, 0.29) is 17.7 Å². The lowest BCUT2D eigenvalue weighted by Crippen LogP contribution is -2.17. The molecule has 1 N–H and O–H groups in total. The molecule has 190 valence electrons. The van der Waals surface area contributed by atoms with E-state index in [1.807, 2.05) is 18.4 Å². The van der Waals surface area contributed by atoms with Gasteiger partial charge in [-0.3, -0.25) is 14.6 Å². The van der Waals surface area contributed by atoms with Crippen LogP contribution in [-0.2, 0) is 6.54 Å². The lowest BCUT2D eigenvalue weighted by Gasteiger charge is -2.14. The number of nitrogens with zero attached hydrogens (tertiary/aromatic N) is 4. The van der Waals surface area contributed by atoms with E-state index in [2.05, 4.69) is 20.0 Å². The number of pyridine rings is 1. The molecule has 0 fully saturated rings. The van der Waals surface area contributed by atoms with Gasteiger partial charge in [-0.15, -0.1) is 8.78 Å². The van der Waals surface area contributed by atoms with Crippen molar-refractivity contribution in [1.29, 1.82) is 0 Å². The van der Waals surface area contributed by atoms with E-state index in [0.717, 1.165) is 5.52 Å². The van der Waals surface area contributed by atoms with Crippen LogP contribution in [-0.4, -0.2) is 43.9 Å². The van der Waals surface area contributed by atoms with E-state index in [4.69, 9.17) is 11.6 Å². The van der Waals surface area contributed by atoms with Gasteiger partial charge in [0.05, 0.1) is 35.2 Å². The number of halogens is 3. The first kappa shape index (κ1) is 24.6. The average Bonchev–Trinajstić information content (AvgIpc) is 3.39. The first-order chi connectivity index (χ1) is 17.5. The molecule has 2 amide bonds. The van der Waals surface area contributed by atoms with Crippen molar-refractivity contribution in [3.8, 4) is 16.9 Å². The van der Waals surface area contributed by atoms with Crippen LogP contribution in [0.3, 0.4) is 0 Å². The van der Waals surface area contributed by atoms with Crippen LogP contribution in [0.15, 0.2) is 55.0 Å². The van der Waals surface area contributed by atoms with Crippen LogP contribution in [0.25, 0.3) is 22.2 Å². The fourth-order valence-corrected chi connectivity index (χ4v) is 4.40. The summed E-state index contributed by atoms with van der Waals surface area (Å²) in [7, 11) is 1.72. The lowest BCUT2D eigenvalue weighted by molar-refractivity contribution is -0.0964. The summed E-state index contributed by atoms with van der Waals surface area (Å²) in [4.78, 5) is 36.4. The Morgan fingerprint density at radius 2 is 1.86 bits per heavy atom. The number of ether oxygens (including phenoxy) is 1. The molecule has 0 saturated carbocycles. The normalized spacial score (nSPS) is 13.4. The topological polar surface area (TPSA) is 89.4 Å². The Balaban J connectivity index is 1.53. The van der Waals surface area contributed by atoms with Crippen molar-refractivity contribution in [2.45, 2.75) is 32.0 Å². The van der Waals surface area contributed by atoms with Crippen LogP contribution in [0.2, 0.25) is 0 Å². The van der Waals surface area contributed by atoms with Gasteiger partial charge in [-0.2, -0.15) is 0 Å². The molecule has 0 radical (unpaired) electrons. The zero-order valence-electron chi connectivity index (χ0n) is 20.1. The summed E-state index contributed by atoms with van der Waals surface area (Å²) in [6, 6.07) is 10.7. The van der Waals surface area contributed by atoms with Gasteiger partial charge in [0.25, 0.3) is 11.8 Å². The van der Waals surface area contributed by atoms with Crippen molar-refractivity contribution < 1.29 is 23.1 Å². The van der Waals surface area contributed by atoms with E-state index >= 15 is 0 Å². The van der Waals surface area contributed by atoms with Crippen molar-refractivity contribution in [3.63, 3.8) is 0 Å². The molecule has 2 aromatic heterocycles. The first-order valence-corrected chi connectivity index (χ1v) is 11.8. The molecule has 0 unspecified atom stereocenters. The van der Waals surface area contributed by atoms with Gasteiger partial charge in [0, 0.05) is 53.3 Å². The maximum atomic E-state index is 13.2. The molecule has 0 bridgehead atoms. The van der Waals surface area contributed by atoms with E-state index in [0.29, 0.717) is 45.7 Å². The zero-order chi connectivity index (χ0) is 26.5. The molecule has 1 aliphatic rings. The van der Waals surface area contributed by atoms with Gasteiger partial charge in [0.15, 0.2) is 0 Å². The smallest absolute Gasteiger partial charge is 0.420 e. The van der Waals surface area contributed by atoms with E-state index < -0.39 is 11.5 Å². The number of amides is 2. The van der Waals surface area contributed by atoms with Gasteiger partial charge in [0.1, 0.15) is 5.75 Å². The number of alkyl halides is 3. The van der Waals surface area contributed by atoms with Gasteiger partial charge in [0.2, 0.25) is 0 Å². The minimum Gasteiger partial charge on any atom is -0.420 e. The molecule has 0 spiro atoms. The number of carbonyl (C=O) groups is 2. The second-order valence-electron chi connectivity index (χ2n) is 9.04. The van der Waals surface area contributed by atoms with Crippen LogP contribution in [0.1, 0.15) is 46.3 Å². The average molecular weight is 526 g/mol. The maximum Gasteiger partial charge on any atom is 0.487 e. The fraction of sp³-hybridized carbons (Fsp3) is 0.231. The Morgan fingerprint density at radius 3 is 2.54 bits per heavy atom. The lowest BCUT2D eigenvalue weighted by atomic mass is 9.99. The summed E-state index contributed by atoms with van der Waals surface area (Å²) in [5.41, 5.74) is 0.922. The molecule has 0 atom stereocenters. The number of hydrogen-bond donors (Lipinski definition) is 1. The van der Waals surface area contributed by atoms with Gasteiger partial charge in [-0.1, -0.05) is 0 Å². The summed E-state index contributed by atoms with van der Waals surface area (Å²) in [6.07, 6.45) is 3.41. The number of anilines is 1. The fourth-order valence-electron chi connectivity index (χ4n) is 4.31. The van der Waals surface area contributed by atoms with Gasteiger partial charge in [-0.05, 0) is 56.3 Å². The number of imidazole rings is 1. The van der Waals surface area contributed by atoms with E-state index in [9.17, 15) is 18.4 Å². The van der Waals surface area contributed by atoms with Gasteiger partial charge >= 0.3 is 5.57 Å². The highest BCUT2D eigenvalue weighted by molar-refractivity contribution is 6.20. The predicted molar refractivity (Wildman–Crippen MR) is 135 cm³/mol. The van der Waals surface area contributed by atoms with E-state index in [1.165, 1.54) is 24.3 Å². The number of carbonyl (C=O) groups excluding carboxylic acids is 2. The Bertz CT molecular complexity index is 1530. The third-order valence-electron chi connectivity index (χ3n) is 6.08. The molecule has 3 heterocycles. The minimum atomic E-state index is -3.83. The highest BCUT2D eigenvalue weighted by Crippen LogP contribution is 2.34. The summed E-state index contributed by atoms with van der Waals surface area (Å²) in [6.45, 7) is 4.50. The number of hydrogen-bond acceptors (Lipinski definition) is 5. The van der Waals surface area contributed by atoms with Crippen LogP contribution in [0.5, 0.6) is 5.75 Å². The molecule has 37 heavy (non-hydrogen) atoms. The second-order valence-corrected chi connectivity index (χ2v) is 9.48. The van der Waals surface area contributed by atoms with Crippen molar-refractivity contribution in [2.75, 3.05) is 12.4 Å². The van der Waals surface area contributed by atoms with Crippen LogP contribution in [0, 0.1) is 0 Å². The van der Waals surface area contributed by atoms with Gasteiger partial charge in [-0.25, -0.2) is 4.98 Å². The number of fused-ring (bicyclic) bond motifs is 2. The molecule has 8 nitrogen and oxygen atoms in total. The Labute approximate surface area is 215 Å². The van der Waals surface area contributed by atoms with Crippen LogP contribution < -0.4 is 10.1 Å². The highest BCUT2D eigenvalue weighted by Gasteiger charge is 2.28. The molecule has 0 aliphatic carbocycles. The zero-order valence-corrected chi connectivity index (χ0v) is 20.9. The van der Waals surface area contributed by atoms with E-state index in [1.54, 1.807) is 42.7 Å². The summed E-state index contributed by atoms with van der Waals surface area (Å²) >= 11 is 4.79. The third kappa shape index (κ3) is 4.84. The highest BCUT2D eigenvalue weighted by atomic mass is 35.5. The summed E-state index contributed by atoms with van der Waals surface area (Å²) < 4.78 is 32.0.